The lowest BCUT2D eigenvalue weighted by Crippen LogP contribution is -2.37. The van der Waals surface area contributed by atoms with Crippen molar-refractivity contribution in [3.8, 4) is 11.8 Å². The van der Waals surface area contributed by atoms with Crippen molar-refractivity contribution in [2.75, 3.05) is 6.54 Å². The minimum absolute atomic E-state index is 0.0478. The molecule has 178 valence electrons. The van der Waals surface area contributed by atoms with Crippen molar-refractivity contribution < 1.29 is 27.1 Å². The van der Waals surface area contributed by atoms with Gasteiger partial charge < -0.3 is 9.64 Å². The molecule has 2 aromatic rings. The van der Waals surface area contributed by atoms with Gasteiger partial charge in [-0.1, -0.05) is 0 Å². The van der Waals surface area contributed by atoms with Crippen LogP contribution in [0, 0.1) is 18.3 Å². The first-order chi connectivity index (χ1) is 15.8. The van der Waals surface area contributed by atoms with Gasteiger partial charge in [-0.05, 0) is 36.8 Å². The number of carbonyl (C=O) groups is 1. The number of aromatic nitrogens is 2. The molecule has 0 saturated heterocycles. The molecule has 0 bridgehead atoms. The minimum atomic E-state index is -3.58. The lowest BCUT2D eigenvalue weighted by Gasteiger charge is -2.22. The number of rotatable bonds is 6. The molecule has 1 aromatic carbocycles. The van der Waals surface area contributed by atoms with E-state index >= 15 is 0 Å². The van der Waals surface area contributed by atoms with Crippen LogP contribution < -0.4 is 10.3 Å². The smallest absolute Gasteiger partial charge is 0.292 e. The van der Waals surface area contributed by atoms with Crippen molar-refractivity contribution in [2.24, 2.45) is 4.99 Å². The minimum Gasteiger partial charge on any atom is -0.449 e. The molecular formula is C22H19F4N5O3. The lowest BCUT2D eigenvalue weighted by molar-refractivity contribution is -0.129. The van der Waals surface area contributed by atoms with Crippen LogP contribution in [0.25, 0.3) is 0 Å². The van der Waals surface area contributed by atoms with Crippen molar-refractivity contribution >= 4 is 12.1 Å². The van der Waals surface area contributed by atoms with E-state index in [1.165, 1.54) is 18.2 Å². The molecule has 0 radical (unpaired) electrons. The Kier molecular flexibility index (Phi) is 6.58. The summed E-state index contributed by atoms with van der Waals surface area (Å²) < 4.78 is 61.4. The number of hydrogen-bond acceptors (Lipinski definition) is 6. The van der Waals surface area contributed by atoms with E-state index in [0.29, 0.717) is 19.4 Å². The fourth-order valence-corrected chi connectivity index (χ4v) is 3.14. The summed E-state index contributed by atoms with van der Waals surface area (Å²) in [6, 6.07) is 6.98. The van der Waals surface area contributed by atoms with Crippen LogP contribution in [-0.4, -0.2) is 39.7 Å². The quantitative estimate of drug-likeness (QED) is 0.641. The Bertz CT molecular complexity index is 1280. The second-order valence-electron chi connectivity index (χ2n) is 7.81. The van der Waals surface area contributed by atoms with Gasteiger partial charge in [-0.3, -0.25) is 14.6 Å². The van der Waals surface area contributed by atoms with Crippen molar-refractivity contribution in [2.45, 2.75) is 39.2 Å². The van der Waals surface area contributed by atoms with Crippen LogP contribution in [0.1, 0.15) is 36.2 Å². The number of carbonyl (C=O) groups excluding carboxylic acids is 1. The molecule has 3 rings (SSSR count). The number of nitrogens with one attached hydrogen (secondary N) is 1. The highest BCUT2D eigenvalue weighted by molar-refractivity contribution is 5.95. The van der Waals surface area contributed by atoms with Crippen molar-refractivity contribution in [3.63, 3.8) is 0 Å². The van der Waals surface area contributed by atoms with E-state index in [1.54, 1.807) is 6.92 Å². The van der Waals surface area contributed by atoms with E-state index in [0.717, 1.165) is 17.2 Å². The molecule has 8 nitrogen and oxygen atoms in total. The van der Waals surface area contributed by atoms with Gasteiger partial charge in [-0.15, -0.1) is 0 Å². The van der Waals surface area contributed by atoms with Gasteiger partial charge in [0, 0.05) is 25.6 Å². The fourth-order valence-electron chi connectivity index (χ4n) is 3.14. The summed E-state index contributed by atoms with van der Waals surface area (Å²) in [7, 11) is 0. The zero-order valence-electron chi connectivity index (χ0n) is 18.3. The molecule has 0 atom stereocenters. The number of allylic oxidation sites excluding steroid dienone is 1. The Morgan fingerprint density at radius 2 is 1.85 bits per heavy atom. The Labute approximate surface area is 191 Å². The van der Waals surface area contributed by atoms with Crippen LogP contribution in [0.15, 0.2) is 45.5 Å². The SMILES string of the molecule is Cc1cc(C#N)cc(OC2=C(C(C)(F)F)N=CCN(Cc3cc(C(C)(F)F)n[nH]c3=O)C2=O)c1. The second kappa shape index (κ2) is 9.09. The number of amides is 1. The largest absolute Gasteiger partial charge is 0.449 e. The zero-order valence-corrected chi connectivity index (χ0v) is 18.3. The average Bonchev–Trinajstić information content (AvgIpc) is 2.87. The molecule has 34 heavy (non-hydrogen) atoms. The summed E-state index contributed by atoms with van der Waals surface area (Å²) in [6.07, 6.45) is 1.03. The zero-order chi connectivity index (χ0) is 25.3. The van der Waals surface area contributed by atoms with Gasteiger partial charge in [0.1, 0.15) is 11.4 Å². The summed E-state index contributed by atoms with van der Waals surface area (Å²) in [5, 5.41) is 14.4. The maximum absolute atomic E-state index is 14.3. The van der Waals surface area contributed by atoms with E-state index in [2.05, 4.69) is 10.1 Å². The van der Waals surface area contributed by atoms with E-state index < -0.39 is 47.0 Å². The normalized spacial score (nSPS) is 14.8. The third kappa shape index (κ3) is 5.48. The van der Waals surface area contributed by atoms with Gasteiger partial charge in [-0.25, -0.2) is 5.10 Å². The number of benzene rings is 1. The Morgan fingerprint density at radius 3 is 2.47 bits per heavy atom. The van der Waals surface area contributed by atoms with Crippen LogP contribution in [0.5, 0.6) is 5.75 Å². The predicted octanol–water partition coefficient (Wildman–Crippen LogP) is 3.42. The molecule has 0 aliphatic carbocycles. The number of nitriles is 1. The third-order valence-corrected chi connectivity index (χ3v) is 4.73. The summed E-state index contributed by atoms with van der Waals surface area (Å²) >= 11 is 0. The van der Waals surface area contributed by atoms with Gasteiger partial charge in [0.25, 0.3) is 23.3 Å². The first-order valence-electron chi connectivity index (χ1n) is 9.90. The average molecular weight is 477 g/mol. The molecule has 2 heterocycles. The number of hydrogen-bond donors (Lipinski definition) is 1. The Hall–Kier alpha value is -4.01. The molecule has 0 unspecified atom stereocenters. The summed E-state index contributed by atoms with van der Waals surface area (Å²) in [4.78, 5) is 30.0. The van der Waals surface area contributed by atoms with E-state index in [9.17, 15) is 27.2 Å². The summed E-state index contributed by atoms with van der Waals surface area (Å²) in [6.45, 7) is 1.96. The molecule has 0 saturated carbocycles. The molecule has 1 aliphatic rings. The number of aryl methyl sites for hydroxylation is 1. The van der Waals surface area contributed by atoms with Gasteiger partial charge in [0.2, 0.25) is 5.76 Å². The van der Waals surface area contributed by atoms with Crippen LogP contribution in [-0.2, 0) is 17.3 Å². The van der Waals surface area contributed by atoms with Crippen LogP contribution in [0.2, 0.25) is 0 Å². The van der Waals surface area contributed by atoms with Crippen LogP contribution in [0.4, 0.5) is 17.6 Å². The molecule has 1 aliphatic heterocycles. The molecule has 12 heteroatoms. The Morgan fingerprint density at radius 1 is 1.15 bits per heavy atom. The van der Waals surface area contributed by atoms with E-state index in [-0.39, 0.29) is 23.4 Å². The van der Waals surface area contributed by atoms with Gasteiger partial charge in [0.05, 0.1) is 24.7 Å². The number of aromatic amines is 1. The summed E-state index contributed by atoms with van der Waals surface area (Å²) in [5.74, 6) is -8.85. The lowest BCUT2D eigenvalue weighted by atomic mass is 10.1. The van der Waals surface area contributed by atoms with E-state index in [4.69, 9.17) is 10.00 Å². The van der Waals surface area contributed by atoms with Crippen molar-refractivity contribution in [1.29, 1.82) is 5.26 Å². The molecule has 1 amide bonds. The molecule has 1 aromatic heterocycles. The number of halogens is 4. The second-order valence-corrected chi connectivity index (χ2v) is 7.81. The monoisotopic (exact) mass is 477 g/mol. The molecule has 0 fully saturated rings. The van der Waals surface area contributed by atoms with Gasteiger partial charge in [-0.2, -0.15) is 27.9 Å². The maximum Gasteiger partial charge on any atom is 0.292 e. The molecule has 0 spiro atoms. The highest BCUT2D eigenvalue weighted by Crippen LogP contribution is 2.32. The number of nitrogens with zero attached hydrogens (tertiary/aromatic N) is 4. The van der Waals surface area contributed by atoms with Gasteiger partial charge >= 0.3 is 0 Å². The first-order valence-corrected chi connectivity index (χ1v) is 9.90. The van der Waals surface area contributed by atoms with E-state index in [1.807, 2.05) is 11.2 Å². The topological polar surface area (TPSA) is 111 Å². The maximum atomic E-state index is 14.3. The molecular weight excluding hydrogens is 458 g/mol. The van der Waals surface area contributed by atoms with Crippen molar-refractivity contribution in [1.82, 2.24) is 15.1 Å². The first kappa shape index (κ1) is 24.6. The number of aliphatic imine (C=N–C) groups is 1. The Balaban J connectivity index is 2.04. The van der Waals surface area contributed by atoms with Crippen LogP contribution in [0.3, 0.4) is 0 Å². The predicted molar refractivity (Wildman–Crippen MR) is 113 cm³/mol. The number of H-pyrrole nitrogens is 1. The standard InChI is InChI=1S/C22H19F4N5O3/c1-12-6-13(10-27)8-15(7-12)34-17-18(22(3,25)26)28-4-5-31(20(17)33)11-14-9-16(21(2,23)24)29-30-19(14)32/h4,6-9H,5,11H2,1-3H3,(H,30,32). The highest BCUT2D eigenvalue weighted by Gasteiger charge is 2.38. The fraction of sp³-hybridized carbons (Fsp3) is 0.318. The number of ether oxygens (including phenoxy) is 1. The third-order valence-electron chi connectivity index (χ3n) is 4.73. The van der Waals surface area contributed by atoms with Crippen molar-refractivity contribution in [3.05, 3.63) is 68.5 Å². The summed E-state index contributed by atoms with van der Waals surface area (Å²) in [5.41, 5.74) is -1.98. The number of alkyl halides is 4. The van der Waals surface area contributed by atoms with Crippen LogP contribution >= 0.6 is 0 Å². The van der Waals surface area contributed by atoms with Gasteiger partial charge in [0.15, 0.2) is 5.70 Å². The highest BCUT2D eigenvalue weighted by atomic mass is 19.3. The molecule has 1 N–H and O–H groups in total.